The second kappa shape index (κ2) is 3.32. The van der Waals surface area contributed by atoms with E-state index in [1.54, 1.807) is 17.0 Å². The summed E-state index contributed by atoms with van der Waals surface area (Å²) >= 11 is 0. The Balaban J connectivity index is 2.17. The van der Waals surface area contributed by atoms with Gasteiger partial charge >= 0.3 is 0 Å². The minimum absolute atomic E-state index is 0.229. The largest absolute Gasteiger partial charge is 0.274 e. The van der Waals surface area contributed by atoms with Gasteiger partial charge in [0, 0.05) is 18.3 Å². The molecule has 0 saturated heterocycles. The summed E-state index contributed by atoms with van der Waals surface area (Å²) in [5, 5.41) is 0. The van der Waals surface area contributed by atoms with Crippen LogP contribution in [0.25, 0.3) is 0 Å². The third-order valence-electron chi connectivity index (χ3n) is 2.77. The molecule has 0 unspecified atom stereocenters. The lowest BCUT2D eigenvalue weighted by molar-refractivity contribution is 0.0834. The maximum atomic E-state index is 11.9. The van der Waals surface area contributed by atoms with Gasteiger partial charge < -0.3 is 0 Å². The predicted molar refractivity (Wildman–Crippen MR) is 49.5 cm³/mol. The Morgan fingerprint density at radius 1 is 1.54 bits per heavy atom. The van der Waals surface area contributed by atoms with Crippen molar-refractivity contribution >= 4 is 5.91 Å². The van der Waals surface area contributed by atoms with Crippen LogP contribution in [0.4, 0.5) is 0 Å². The molecule has 0 atom stereocenters. The van der Waals surface area contributed by atoms with Crippen LogP contribution in [0.15, 0.2) is 12.4 Å². The molecule has 2 rings (SSSR count). The third-order valence-corrected chi connectivity index (χ3v) is 2.77. The zero-order valence-electron chi connectivity index (χ0n) is 7.86. The molecule has 1 heterocycles. The quantitative estimate of drug-likeness (QED) is 0.659. The Bertz CT molecular complexity index is 310. The Morgan fingerprint density at radius 3 is 2.77 bits per heavy atom. The SMILES string of the molecule is Cc1nccn1C(=O)C1CCCC1. The monoisotopic (exact) mass is 178 g/mol. The molecule has 3 heteroatoms. The lowest BCUT2D eigenvalue weighted by Crippen LogP contribution is -2.19. The van der Waals surface area contributed by atoms with Crippen LogP contribution in [0.5, 0.6) is 0 Å². The first-order valence-corrected chi connectivity index (χ1v) is 4.83. The average molecular weight is 178 g/mol. The van der Waals surface area contributed by atoms with Gasteiger partial charge in [-0.1, -0.05) is 12.8 Å². The first-order valence-electron chi connectivity index (χ1n) is 4.83. The van der Waals surface area contributed by atoms with E-state index in [-0.39, 0.29) is 11.8 Å². The van der Waals surface area contributed by atoms with Crippen LogP contribution in [0.1, 0.15) is 36.3 Å². The minimum atomic E-state index is 0.229. The second-order valence-electron chi connectivity index (χ2n) is 3.66. The number of nitrogens with zero attached hydrogens (tertiary/aromatic N) is 2. The highest BCUT2D eigenvalue weighted by atomic mass is 16.2. The van der Waals surface area contributed by atoms with Crippen LogP contribution in [0.2, 0.25) is 0 Å². The van der Waals surface area contributed by atoms with Crippen LogP contribution in [0.3, 0.4) is 0 Å². The first-order chi connectivity index (χ1) is 6.29. The van der Waals surface area contributed by atoms with Crippen LogP contribution < -0.4 is 0 Å². The van der Waals surface area contributed by atoms with Gasteiger partial charge in [0.05, 0.1) is 0 Å². The number of hydrogen-bond acceptors (Lipinski definition) is 2. The van der Waals surface area contributed by atoms with Crippen molar-refractivity contribution < 1.29 is 4.79 Å². The molecule has 70 valence electrons. The van der Waals surface area contributed by atoms with E-state index >= 15 is 0 Å². The molecule has 13 heavy (non-hydrogen) atoms. The van der Waals surface area contributed by atoms with Gasteiger partial charge in [0.15, 0.2) is 0 Å². The zero-order valence-corrected chi connectivity index (χ0v) is 7.86. The fourth-order valence-electron chi connectivity index (χ4n) is 1.98. The van der Waals surface area contributed by atoms with Gasteiger partial charge in [0.25, 0.3) is 0 Å². The van der Waals surface area contributed by atoms with Gasteiger partial charge in [-0.3, -0.25) is 9.36 Å². The zero-order chi connectivity index (χ0) is 9.26. The van der Waals surface area contributed by atoms with Crippen molar-refractivity contribution in [1.29, 1.82) is 0 Å². The van der Waals surface area contributed by atoms with E-state index < -0.39 is 0 Å². The normalized spacial score (nSPS) is 17.9. The minimum Gasteiger partial charge on any atom is -0.274 e. The Hall–Kier alpha value is -1.12. The summed E-state index contributed by atoms with van der Waals surface area (Å²) in [6.07, 6.45) is 7.94. The van der Waals surface area contributed by atoms with Crippen molar-refractivity contribution in [2.45, 2.75) is 32.6 Å². The standard InChI is InChI=1S/C10H14N2O/c1-8-11-6-7-12(8)10(13)9-4-2-3-5-9/h6-7,9H,2-5H2,1H3. The molecular formula is C10H14N2O. The topological polar surface area (TPSA) is 34.9 Å². The van der Waals surface area contributed by atoms with Gasteiger partial charge in [0.2, 0.25) is 5.91 Å². The third kappa shape index (κ3) is 1.50. The number of carbonyl (C=O) groups is 1. The highest BCUT2D eigenvalue weighted by Gasteiger charge is 2.24. The number of imidazole rings is 1. The Labute approximate surface area is 77.8 Å². The van der Waals surface area contributed by atoms with E-state index in [9.17, 15) is 4.79 Å². The van der Waals surface area contributed by atoms with Gasteiger partial charge in [-0.15, -0.1) is 0 Å². The average Bonchev–Trinajstić information content (AvgIpc) is 2.72. The van der Waals surface area contributed by atoms with Crippen molar-refractivity contribution in [3.63, 3.8) is 0 Å². The summed E-state index contributed by atoms with van der Waals surface area (Å²) in [7, 11) is 0. The van der Waals surface area contributed by atoms with Crippen molar-refractivity contribution in [3.8, 4) is 0 Å². The smallest absolute Gasteiger partial charge is 0.235 e. The van der Waals surface area contributed by atoms with Gasteiger partial charge in [-0.2, -0.15) is 0 Å². The molecule has 0 N–H and O–H groups in total. The van der Waals surface area contributed by atoms with E-state index in [2.05, 4.69) is 4.98 Å². The summed E-state index contributed by atoms with van der Waals surface area (Å²) in [5.74, 6) is 1.28. The molecule has 1 fully saturated rings. The molecule has 0 aliphatic heterocycles. The predicted octanol–water partition coefficient (Wildman–Crippen LogP) is 2.02. The fourth-order valence-corrected chi connectivity index (χ4v) is 1.98. The maximum Gasteiger partial charge on any atom is 0.235 e. The van der Waals surface area contributed by atoms with Gasteiger partial charge in [0.1, 0.15) is 5.82 Å². The van der Waals surface area contributed by atoms with Crippen molar-refractivity contribution in [2.24, 2.45) is 5.92 Å². The molecule has 1 aromatic rings. The van der Waals surface area contributed by atoms with Crippen molar-refractivity contribution in [1.82, 2.24) is 9.55 Å². The molecule has 1 aliphatic carbocycles. The Morgan fingerprint density at radius 2 is 2.23 bits per heavy atom. The van der Waals surface area contributed by atoms with Crippen molar-refractivity contribution in [2.75, 3.05) is 0 Å². The molecule has 3 nitrogen and oxygen atoms in total. The van der Waals surface area contributed by atoms with E-state index in [1.165, 1.54) is 12.8 Å². The van der Waals surface area contributed by atoms with Crippen LogP contribution in [-0.2, 0) is 0 Å². The number of rotatable bonds is 1. The first kappa shape index (κ1) is 8.48. The molecule has 0 radical (unpaired) electrons. The van der Waals surface area contributed by atoms with Crippen molar-refractivity contribution in [3.05, 3.63) is 18.2 Å². The fraction of sp³-hybridized carbons (Fsp3) is 0.600. The molecule has 1 saturated carbocycles. The second-order valence-corrected chi connectivity index (χ2v) is 3.66. The van der Waals surface area contributed by atoms with E-state index in [4.69, 9.17) is 0 Å². The maximum absolute atomic E-state index is 11.9. The molecule has 1 aliphatic rings. The molecule has 0 bridgehead atoms. The highest BCUT2D eigenvalue weighted by molar-refractivity contribution is 5.82. The lowest BCUT2D eigenvalue weighted by Gasteiger charge is -2.08. The van der Waals surface area contributed by atoms with Crippen LogP contribution in [-0.4, -0.2) is 15.5 Å². The molecule has 0 amide bonds. The summed E-state index contributed by atoms with van der Waals surface area (Å²) in [4.78, 5) is 15.9. The molecule has 0 spiro atoms. The summed E-state index contributed by atoms with van der Waals surface area (Å²) in [5.41, 5.74) is 0. The van der Waals surface area contributed by atoms with Crippen LogP contribution >= 0.6 is 0 Å². The molecular weight excluding hydrogens is 164 g/mol. The van der Waals surface area contributed by atoms with E-state index in [0.29, 0.717) is 0 Å². The number of carbonyl (C=O) groups excluding carboxylic acids is 1. The Kier molecular flexibility index (Phi) is 2.17. The van der Waals surface area contributed by atoms with Gasteiger partial charge in [-0.05, 0) is 19.8 Å². The van der Waals surface area contributed by atoms with Gasteiger partial charge in [-0.25, -0.2) is 4.98 Å². The number of aromatic nitrogens is 2. The van der Waals surface area contributed by atoms with Crippen LogP contribution in [0, 0.1) is 12.8 Å². The van der Waals surface area contributed by atoms with E-state index in [0.717, 1.165) is 18.7 Å². The number of hydrogen-bond donors (Lipinski definition) is 0. The summed E-state index contributed by atoms with van der Waals surface area (Å²) in [6.45, 7) is 1.87. The molecule has 1 aromatic heterocycles. The lowest BCUT2D eigenvalue weighted by atomic mass is 10.1. The summed E-state index contributed by atoms with van der Waals surface area (Å²) < 4.78 is 1.68. The summed E-state index contributed by atoms with van der Waals surface area (Å²) in [6, 6.07) is 0. The molecule has 0 aromatic carbocycles. The van der Waals surface area contributed by atoms with E-state index in [1.807, 2.05) is 6.92 Å². The highest BCUT2D eigenvalue weighted by Crippen LogP contribution is 2.26. The number of aryl methyl sites for hydroxylation is 1.